The Hall–Kier alpha value is -0.300. The Morgan fingerprint density at radius 2 is 2.50 bits per heavy atom. The molecule has 1 heteroatoms. The van der Waals surface area contributed by atoms with Crippen LogP contribution in [0.15, 0.2) is 11.6 Å². The van der Waals surface area contributed by atoms with Gasteiger partial charge in [-0.1, -0.05) is 18.6 Å². The molecule has 1 N–H and O–H groups in total. The van der Waals surface area contributed by atoms with Gasteiger partial charge < -0.3 is 5.32 Å². The molecule has 0 saturated carbocycles. The molecule has 0 radical (unpaired) electrons. The summed E-state index contributed by atoms with van der Waals surface area (Å²) in [6.07, 6.45) is 6.08. The average molecular weight is 139 g/mol. The van der Waals surface area contributed by atoms with Gasteiger partial charge in [0.25, 0.3) is 0 Å². The van der Waals surface area contributed by atoms with Crippen molar-refractivity contribution in [2.75, 3.05) is 6.54 Å². The molecule has 0 aromatic carbocycles. The molecule has 1 rings (SSSR count). The summed E-state index contributed by atoms with van der Waals surface area (Å²) in [4.78, 5) is 0. The second-order valence-corrected chi connectivity index (χ2v) is 3.10. The maximum Gasteiger partial charge on any atom is 0.00991 e. The molecule has 0 bridgehead atoms. The zero-order chi connectivity index (χ0) is 7.40. The highest BCUT2D eigenvalue weighted by Gasteiger charge is 2.06. The minimum atomic E-state index is 0.734. The number of hydrogen-bond acceptors (Lipinski definition) is 1. The van der Waals surface area contributed by atoms with Gasteiger partial charge in [0.2, 0.25) is 0 Å². The molecule has 1 heterocycles. The van der Waals surface area contributed by atoms with Gasteiger partial charge in [-0.2, -0.15) is 0 Å². The predicted octanol–water partition coefficient (Wildman–Crippen LogP) is 2.09. The monoisotopic (exact) mass is 139 g/mol. The highest BCUT2D eigenvalue weighted by Crippen LogP contribution is 2.09. The summed E-state index contributed by atoms with van der Waals surface area (Å²) in [5.74, 6) is 0. The fourth-order valence-electron chi connectivity index (χ4n) is 1.31. The van der Waals surface area contributed by atoms with Crippen LogP contribution in [0, 0.1) is 0 Å². The van der Waals surface area contributed by atoms with Gasteiger partial charge in [0.1, 0.15) is 0 Å². The van der Waals surface area contributed by atoms with Crippen LogP contribution in [0.2, 0.25) is 0 Å². The van der Waals surface area contributed by atoms with Crippen LogP contribution in [0.25, 0.3) is 0 Å². The summed E-state index contributed by atoms with van der Waals surface area (Å²) in [6.45, 7) is 5.63. The number of hydrogen-bond donors (Lipinski definition) is 1. The van der Waals surface area contributed by atoms with E-state index in [4.69, 9.17) is 0 Å². The van der Waals surface area contributed by atoms with Crippen molar-refractivity contribution in [3.05, 3.63) is 11.6 Å². The largest absolute Gasteiger partial charge is 0.313 e. The first-order chi connectivity index (χ1) is 4.83. The van der Waals surface area contributed by atoms with E-state index in [2.05, 4.69) is 25.2 Å². The summed E-state index contributed by atoms with van der Waals surface area (Å²) in [5, 5.41) is 3.51. The van der Waals surface area contributed by atoms with E-state index in [1.165, 1.54) is 25.8 Å². The molecule has 0 aromatic rings. The van der Waals surface area contributed by atoms with Gasteiger partial charge in [0, 0.05) is 6.04 Å². The van der Waals surface area contributed by atoms with Gasteiger partial charge >= 0.3 is 0 Å². The molecule has 0 fully saturated rings. The van der Waals surface area contributed by atoms with Crippen LogP contribution in [-0.2, 0) is 0 Å². The third kappa shape index (κ3) is 2.14. The van der Waals surface area contributed by atoms with Crippen molar-refractivity contribution in [3.8, 4) is 0 Å². The predicted molar refractivity (Wildman–Crippen MR) is 45.1 cm³/mol. The Bertz CT molecular complexity index is 127. The van der Waals surface area contributed by atoms with Crippen LogP contribution < -0.4 is 5.32 Å². The maximum absolute atomic E-state index is 3.51. The summed E-state index contributed by atoms with van der Waals surface area (Å²) in [7, 11) is 0. The Kier molecular flexibility index (Phi) is 2.94. The topological polar surface area (TPSA) is 12.0 Å². The van der Waals surface area contributed by atoms with Crippen LogP contribution in [0.3, 0.4) is 0 Å². The molecule has 10 heavy (non-hydrogen) atoms. The zero-order valence-corrected chi connectivity index (χ0v) is 6.98. The van der Waals surface area contributed by atoms with Crippen LogP contribution in [0.4, 0.5) is 0 Å². The van der Waals surface area contributed by atoms with Crippen molar-refractivity contribution in [1.82, 2.24) is 5.32 Å². The minimum absolute atomic E-state index is 0.734. The molecule has 1 nitrogen and oxygen atoms in total. The fourth-order valence-corrected chi connectivity index (χ4v) is 1.31. The van der Waals surface area contributed by atoms with Gasteiger partial charge in [-0.15, -0.1) is 0 Å². The SMILES string of the molecule is CC[C@H]1CC=C(C)CCN1. The van der Waals surface area contributed by atoms with Crippen molar-refractivity contribution in [2.24, 2.45) is 0 Å². The van der Waals surface area contributed by atoms with Crippen LogP contribution in [0.5, 0.6) is 0 Å². The quantitative estimate of drug-likeness (QED) is 0.548. The molecular formula is C9H17N. The highest BCUT2D eigenvalue weighted by atomic mass is 14.9. The maximum atomic E-state index is 3.51. The van der Waals surface area contributed by atoms with E-state index in [1.54, 1.807) is 5.57 Å². The summed E-state index contributed by atoms with van der Waals surface area (Å²) < 4.78 is 0. The van der Waals surface area contributed by atoms with E-state index in [1.807, 2.05) is 0 Å². The molecule has 0 saturated heterocycles. The second-order valence-electron chi connectivity index (χ2n) is 3.10. The first-order valence-corrected chi connectivity index (χ1v) is 4.22. The van der Waals surface area contributed by atoms with Crippen molar-refractivity contribution in [1.29, 1.82) is 0 Å². The summed E-state index contributed by atoms with van der Waals surface area (Å²) in [6, 6.07) is 0.734. The lowest BCUT2D eigenvalue weighted by Gasteiger charge is -2.10. The molecule has 1 aliphatic rings. The lowest BCUT2D eigenvalue weighted by molar-refractivity contribution is 0.517. The molecule has 0 spiro atoms. The molecule has 0 unspecified atom stereocenters. The van der Waals surface area contributed by atoms with E-state index in [-0.39, 0.29) is 0 Å². The van der Waals surface area contributed by atoms with E-state index in [9.17, 15) is 0 Å². The van der Waals surface area contributed by atoms with Crippen LogP contribution >= 0.6 is 0 Å². The number of rotatable bonds is 1. The standard InChI is InChI=1S/C9H17N/c1-3-9-5-4-8(2)6-7-10-9/h4,9-10H,3,5-7H2,1-2H3/t9-/m0/s1. The molecule has 0 aliphatic carbocycles. The van der Waals surface area contributed by atoms with Gasteiger partial charge in [-0.05, 0) is 32.7 Å². The van der Waals surface area contributed by atoms with Crippen LogP contribution in [0.1, 0.15) is 33.1 Å². The van der Waals surface area contributed by atoms with Gasteiger partial charge in [-0.3, -0.25) is 0 Å². The van der Waals surface area contributed by atoms with Crippen molar-refractivity contribution >= 4 is 0 Å². The molecular weight excluding hydrogens is 122 g/mol. The van der Waals surface area contributed by atoms with Gasteiger partial charge in [-0.25, -0.2) is 0 Å². The van der Waals surface area contributed by atoms with Crippen molar-refractivity contribution in [3.63, 3.8) is 0 Å². The van der Waals surface area contributed by atoms with E-state index >= 15 is 0 Å². The third-order valence-corrected chi connectivity index (χ3v) is 2.20. The Morgan fingerprint density at radius 3 is 3.20 bits per heavy atom. The van der Waals surface area contributed by atoms with Crippen LogP contribution in [-0.4, -0.2) is 12.6 Å². The first-order valence-electron chi connectivity index (χ1n) is 4.22. The van der Waals surface area contributed by atoms with Gasteiger partial charge in [0.05, 0.1) is 0 Å². The van der Waals surface area contributed by atoms with E-state index in [0.717, 1.165) is 6.04 Å². The Morgan fingerprint density at radius 1 is 1.70 bits per heavy atom. The Balaban J connectivity index is 2.40. The molecule has 1 aliphatic heterocycles. The summed E-state index contributed by atoms with van der Waals surface area (Å²) in [5.41, 5.74) is 1.54. The summed E-state index contributed by atoms with van der Waals surface area (Å²) >= 11 is 0. The highest BCUT2D eigenvalue weighted by molar-refractivity contribution is 5.02. The Labute approximate surface area is 63.5 Å². The molecule has 0 aromatic heterocycles. The first kappa shape index (κ1) is 7.80. The smallest absolute Gasteiger partial charge is 0.00991 e. The lowest BCUT2D eigenvalue weighted by Crippen LogP contribution is -2.27. The average Bonchev–Trinajstić information content (AvgIpc) is 2.14. The minimum Gasteiger partial charge on any atom is -0.313 e. The van der Waals surface area contributed by atoms with E-state index in [0.29, 0.717) is 0 Å². The molecule has 58 valence electrons. The van der Waals surface area contributed by atoms with Gasteiger partial charge in [0.15, 0.2) is 0 Å². The normalized spacial score (nSPS) is 27.4. The molecule has 1 atom stereocenters. The fraction of sp³-hybridized carbons (Fsp3) is 0.778. The molecule has 0 amide bonds. The zero-order valence-electron chi connectivity index (χ0n) is 6.98. The second kappa shape index (κ2) is 3.77. The third-order valence-electron chi connectivity index (χ3n) is 2.20. The number of nitrogens with one attached hydrogen (secondary N) is 1. The van der Waals surface area contributed by atoms with Crippen molar-refractivity contribution < 1.29 is 0 Å². The van der Waals surface area contributed by atoms with Crippen molar-refractivity contribution in [2.45, 2.75) is 39.2 Å². The lowest BCUT2D eigenvalue weighted by atomic mass is 10.1. The van der Waals surface area contributed by atoms with E-state index < -0.39 is 0 Å².